The number of nitrogens with zero attached hydrogens (tertiary/aromatic N) is 1. The van der Waals surface area contributed by atoms with E-state index < -0.39 is 0 Å². The molecule has 2 heterocycles. The minimum absolute atomic E-state index is 0.275. The van der Waals surface area contributed by atoms with Gasteiger partial charge in [-0.05, 0) is 30.7 Å². The lowest BCUT2D eigenvalue weighted by Crippen LogP contribution is -2.33. The maximum Gasteiger partial charge on any atom is 0.319 e. The predicted octanol–water partition coefficient (Wildman–Crippen LogP) is 3.03. The van der Waals surface area contributed by atoms with Crippen molar-refractivity contribution in [2.24, 2.45) is 5.92 Å². The van der Waals surface area contributed by atoms with E-state index in [0.717, 1.165) is 13.0 Å². The minimum Gasteiger partial charge on any atom is -0.437 e. The van der Waals surface area contributed by atoms with Crippen LogP contribution < -0.4 is 15.4 Å². The highest BCUT2D eigenvalue weighted by Gasteiger charge is 2.17. The highest BCUT2D eigenvalue weighted by molar-refractivity contribution is 5.90. The Morgan fingerprint density at radius 1 is 1.26 bits per heavy atom. The Hall–Kier alpha value is -2.60. The molecule has 0 aliphatic carbocycles. The van der Waals surface area contributed by atoms with E-state index in [1.807, 2.05) is 30.3 Å². The molecule has 3 rings (SSSR count). The topological polar surface area (TPSA) is 72.5 Å². The highest BCUT2D eigenvalue weighted by atomic mass is 16.5. The molecular weight excluding hydrogens is 294 g/mol. The largest absolute Gasteiger partial charge is 0.437 e. The maximum atomic E-state index is 12.0. The van der Waals surface area contributed by atoms with Crippen LogP contribution in [0.15, 0.2) is 48.7 Å². The molecule has 0 bridgehead atoms. The van der Waals surface area contributed by atoms with Gasteiger partial charge in [-0.25, -0.2) is 9.78 Å². The first-order chi connectivity index (χ1) is 11.3. The second kappa shape index (κ2) is 7.60. The number of para-hydroxylation sites is 1. The number of carbonyl (C=O) groups is 1. The summed E-state index contributed by atoms with van der Waals surface area (Å²) in [5.41, 5.74) is 0.525. The molecule has 0 spiro atoms. The van der Waals surface area contributed by atoms with Crippen LogP contribution in [-0.2, 0) is 4.74 Å². The number of hydrogen-bond acceptors (Lipinski definition) is 4. The van der Waals surface area contributed by atoms with Crippen LogP contribution in [0.5, 0.6) is 11.6 Å². The summed E-state index contributed by atoms with van der Waals surface area (Å²) in [6, 6.07) is 12.6. The summed E-state index contributed by atoms with van der Waals surface area (Å²) in [4.78, 5) is 16.2. The number of hydrogen-bond donors (Lipinski definition) is 2. The normalized spacial score (nSPS) is 16.8. The number of pyridine rings is 1. The quantitative estimate of drug-likeness (QED) is 0.890. The lowest BCUT2D eigenvalue weighted by atomic mass is 10.1. The standard InChI is InChI=1S/C17H19N3O3/c21-17(19-11-13-8-10-22-12-13)20-15-7-4-9-18-16(15)23-14-5-2-1-3-6-14/h1-7,9,13H,8,10-12H2,(H2,19,20,21)/t13-/m1/s1. The van der Waals surface area contributed by atoms with Gasteiger partial charge in [-0.2, -0.15) is 0 Å². The van der Waals surface area contributed by atoms with E-state index in [1.54, 1.807) is 18.3 Å². The molecule has 1 aromatic heterocycles. The van der Waals surface area contributed by atoms with Crippen LogP contribution in [-0.4, -0.2) is 30.8 Å². The number of rotatable bonds is 5. The van der Waals surface area contributed by atoms with Gasteiger partial charge in [0.15, 0.2) is 0 Å². The van der Waals surface area contributed by atoms with Crippen LogP contribution >= 0.6 is 0 Å². The first kappa shape index (κ1) is 15.3. The van der Waals surface area contributed by atoms with Gasteiger partial charge < -0.3 is 20.1 Å². The first-order valence-electron chi connectivity index (χ1n) is 7.62. The Labute approximate surface area is 134 Å². The number of amides is 2. The number of carbonyl (C=O) groups excluding carboxylic acids is 1. The fourth-order valence-corrected chi connectivity index (χ4v) is 2.32. The van der Waals surface area contributed by atoms with E-state index in [0.29, 0.717) is 36.4 Å². The Kier molecular flexibility index (Phi) is 5.06. The number of nitrogens with one attached hydrogen (secondary N) is 2. The Morgan fingerprint density at radius 2 is 2.13 bits per heavy atom. The average molecular weight is 313 g/mol. The second-order valence-corrected chi connectivity index (χ2v) is 5.34. The van der Waals surface area contributed by atoms with Crippen LogP contribution in [0.4, 0.5) is 10.5 Å². The van der Waals surface area contributed by atoms with Crippen molar-refractivity contribution in [1.82, 2.24) is 10.3 Å². The lowest BCUT2D eigenvalue weighted by Gasteiger charge is -2.13. The lowest BCUT2D eigenvalue weighted by molar-refractivity contribution is 0.185. The summed E-state index contributed by atoms with van der Waals surface area (Å²) in [5, 5.41) is 5.63. The van der Waals surface area contributed by atoms with Gasteiger partial charge in [-0.3, -0.25) is 0 Å². The van der Waals surface area contributed by atoms with Gasteiger partial charge in [0.05, 0.1) is 6.61 Å². The van der Waals surface area contributed by atoms with Crippen molar-refractivity contribution in [3.63, 3.8) is 0 Å². The number of ether oxygens (including phenoxy) is 2. The summed E-state index contributed by atoms with van der Waals surface area (Å²) >= 11 is 0. The molecule has 1 atom stereocenters. The van der Waals surface area contributed by atoms with E-state index in [9.17, 15) is 4.79 Å². The summed E-state index contributed by atoms with van der Waals surface area (Å²) in [7, 11) is 0. The van der Waals surface area contributed by atoms with Gasteiger partial charge in [0.25, 0.3) is 0 Å². The Bertz CT molecular complexity index is 643. The maximum absolute atomic E-state index is 12.0. The smallest absolute Gasteiger partial charge is 0.319 e. The minimum atomic E-state index is -0.275. The van der Waals surface area contributed by atoms with Crippen LogP contribution in [0.1, 0.15) is 6.42 Å². The SMILES string of the molecule is O=C(NC[C@H]1CCOC1)Nc1cccnc1Oc1ccccc1. The molecule has 1 fully saturated rings. The molecule has 1 aliphatic rings. The second-order valence-electron chi connectivity index (χ2n) is 5.34. The van der Waals surface area contributed by atoms with Crippen molar-refractivity contribution in [3.8, 4) is 11.6 Å². The van der Waals surface area contributed by atoms with Crippen molar-refractivity contribution in [3.05, 3.63) is 48.7 Å². The van der Waals surface area contributed by atoms with Crippen molar-refractivity contribution < 1.29 is 14.3 Å². The van der Waals surface area contributed by atoms with E-state index in [-0.39, 0.29) is 6.03 Å². The van der Waals surface area contributed by atoms with E-state index in [1.165, 1.54) is 0 Å². The van der Waals surface area contributed by atoms with Gasteiger partial charge in [0.1, 0.15) is 11.4 Å². The molecule has 1 aromatic carbocycles. The fourth-order valence-electron chi connectivity index (χ4n) is 2.32. The van der Waals surface area contributed by atoms with Crippen LogP contribution in [0.2, 0.25) is 0 Å². The van der Waals surface area contributed by atoms with E-state index in [2.05, 4.69) is 15.6 Å². The molecule has 1 aliphatic heterocycles. The zero-order valence-electron chi connectivity index (χ0n) is 12.7. The molecule has 2 amide bonds. The monoisotopic (exact) mass is 313 g/mol. The van der Waals surface area contributed by atoms with Crippen molar-refractivity contribution in [2.75, 3.05) is 25.1 Å². The third-order valence-electron chi connectivity index (χ3n) is 3.55. The van der Waals surface area contributed by atoms with E-state index in [4.69, 9.17) is 9.47 Å². The molecule has 2 aromatic rings. The fraction of sp³-hybridized carbons (Fsp3) is 0.294. The summed E-state index contributed by atoms with van der Waals surface area (Å²) in [6.45, 7) is 2.07. The highest BCUT2D eigenvalue weighted by Crippen LogP contribution is 2.26. The third kappa shape index (κ3) is 4.43. The Balaban J connectivity index is 1.59. The first-order valence-corrected chi connectivity index (χ1v) is 7.62. The Morgan fingerprint density at radius 3 is 2.91 bits per heavy atom. The summed E-state index contributed by atoms with van der Waals surface area (Å²) in [5.74, 6) is 1.41. The molecule has 1 saturated heterocycles. The number of anilines is 1. The molecule has 0 saturated carbocycles. The molecule has 6 nitrogen and oxygen atoms in total. The molecule has 120 valence electrons. The van der Waals surface area contributed by atoms with Gasteiger partial charge >= 0.3 is 6.03 Å². The molecule has 6 heteroatoms. The molecular formula is C17H19N3O3. The van der Waals surface area contributed by atoms with Crippen LogP contribution in [0.3, 0.4) is 0 Å². The zero-order chi connectivity index (χ0) is 15.9. The van der Waals surface area contributed by atoms with Gasteiger partial charge in [0, 0.05) is 25.3 Å². The zero-order valence-corrected chi connectivity index (χ0v) is 12.7. The van der Waals surface area contributed by atoms with Gasteiger partial charge in [-0.1, -0.05) is 18.2 Å². The molecule has 0 radical (unpaired) electrons. The van der Waals surface area contributed by atoms with Crippen molar-refractivity contribution in [2.45, 2.75) is 6.42 Å². The molecule has 2 N–H and O–H groups in total. The number of urea groups is 1. The molecule has 0 unspecified atom stereocenters. The van der Waals surface area contributed by atoms with Crippen LogP contribution in [0.25, 0.3) is 0 Å². The van der Waals surface area contributed by atoms with Gasteiger partial charge in [0.2, 0.25) is 5.88 Å². The summed E-state index contributed by atoms with van der Waals surface area (Å²) in [6.07, 6.45) is 2.60. The summed E-state index contributed by atoms with van der Waals surface area (Å²) < 4.78 is 11.0. The van der Waals surface area contributed by atoms with Crippen molar-refractivity contribution >= 4 is 11.7 Å². The van der Waals surface area contributed by atoms with E-state index >= 15 is 0 Å². The number of benzene rings is 1. The van der Waals surface area contributed by atoms with Crippen molar-refractivity contribution in [1.29, 1.82) is 0 Å². The molecule has 23 heavy (non-hydrogen) atoms. The van der Waals surface area contributed by atoms with Gasteiger partial charge in [-0.15, -0.1) is 0 Å². The third-order valence-corrected chi connectivity index (χ3v) is 3.55. The van der Waals surface area contributed by atoms with Crippen LogP contribution in [0, 0.1) is 5.92 Å². The predicted molar refractivity (Wildman–Crippen MR) is 86.7 cm³/mol. The number of aromatic nitrogens is 1. The average Bonchev–Trinajstić information content (AvgIpc) is 3.09.